The summed E-state index contributed by atoms with van der Waals surface area (Å²) in [5.41, 5.74) is 3.80. The molecule has 2 aliphatic heterocycles. The molecule has 0 saturated carbocycles. The largest absolute Gasteiger partial charge is 0.493 e. The molecular weight excluding hydrogens is 458 g/mol. The molecule has 0 bridgehead atoms. The van der Waals surface area contributed by atoms with Crippen LogP contribution in [0.4, 0.5) is 0 Å². The molecule has 184 valence electrons. The first-order valence-corrected chi connectivity index (χ1v) is 12.9. The van der Waals surface area contributed by atoms with E-state index < -0.39 is 0 Å². The molecule has 3 aromatic rings. The molecule has 1 saturated heterocycles. The van der Waals surface area contributed by atoms with Gasteiger partial charge in [-0.15, -0.1) is 11.8 Å². The Morgan fingerprint density at radius 2 is 1.43 bits per heavy atom. The number of rotatable bonds is 7. The fraction of sp³-hybridized carbons (Fsp3) is 0.379. The topological polar surface area (TPSA) is 40.2 Å². The van der Waals surface area contributed by atoms with Crippen molar-refractivity contribution < 1.29 is 18.9 Å². The van der Waals surface area contributed by atoms with E-state index in [0.717, 1.165) is 55.4 Å². The van der Waals surface area contributed by atoms with Crippen molar-refractivity contribution in [2.75, 3.05) is 35.0 Å². The molecule has 0 N–H and O–H groups in total. The number of fused-ring (bicyclic) bond motifs is 2. The summed E-state index contributed by atoms with van der Waals surface area (Å²) in [6, 6.07) is 21.5. The number of piperidine rings is 1. The lowest BCUT2D eigenvalue weighted by Crippen LogP contribution is -2.55. The van der Waals surface area contributed by atoms with Gasteiger partial charge in [0.25, 0.3) is 0 Å². The molecule has 0 aliphatic carbocycles. The SMILES string of the molecule is COc1ccc(C23CCC(Sc4ccccc4)CN2Cc2cc(OC)c(OC)cc2C3)cc1OC. The summed E-state index contributed by atoms with van der Waals surface area (Å²) in [7, 11) is 6.80. The lowest BCUT2D eigenvalue weighted by atomic mass is 9.72. The Kier molecular flexibility index (Phi) is 6.85. The maximum atomic E-state index is 5.70. The third-order valence-corrected chi connectivity index (χ3v) is 8.69. The van der Waals surface area contributed by atoms with Gasteiger partial charge in [-0.05, 0) is 72.4 Å². The molecule has 35 heavy (non-hydrogen) atoms. The van der Waals surface area contributed by atoms with Crippen molar-refractivity contribution >= 4 is 11.8 Å². The molecule has 3 aromatic carbocycles. The van der Waals surface area contributed by atoms with Gasteiger partial charge in [0.05, 0.1) is 34.0 Å². The van der Waals surface area contributed by atoms with Crippen LogP contribution in [0.15, 0.2) is 65.6 Å². The average molecular weight is 492 g/mol. The lowest BCUT2D eigenvalue weighted by Gasteiger charge is -2.53. The molecular formula is C29H33NO4S. The maximum absolute atomic E-state index is 5.70. The van der Waals surface area contributed by atoms with Crippen molar-refractivity contribution in [1.29, 1.82) is 0 Å². The molecule has 6 heteroatoms. The molecule has 2 aliphatic rings. The van der Waals surface area contributed by atoms with Gasteiger partial charge in [-0.2, -0.15) is 0 Å². The molecule has 1 fully saturated rings. The quantitative estimate of drug-likeness (QED) is 0.408. The van der Waals surface area contributed by atoms with Crippen LogP contribution in [0.1, 0.15) is 29.5 Å². The molecule has 5 nitrogen and oxygen atoms in total. The number of thioether (sulfide) groups is 1. The molecule has 0 aromatic heterocycles. The van der Waals surface area contributed by atoms with Gasteiger partial charge < -0.3 is 18.9 Å². The van der Waals surface area contributed by atoms with E-state index >= 15 is 0 Å². The summed E-state index contributed by atoms with van der Waals surface area (Å²) in [6.07, 6.45) is 3.13. The highest BCUT2D eigenvalue weighted by Gasteiger charge is 2.46. The van der Waals surface area contributed by atoms with Gasteiger partial charge in [-0.3, -0.25) is 4.90 Å². The maximum Gasteiger partial charge on any atom is 0.161 e. The number of benzene rings is 3. The smallest absolute Gasteiger partial charge is 0.161 e. The number of methoxy groups -OCH3 is 4. The summed E-state index contributed by atoms with van der Waals surface area (Å²) < 4.78 is 22.5. The predicted molar refractivity (Wildman–Crippen MR) is 140 cm³/mol. The Hall–Kier alpha value is -2.83. The summed E-state index contributed by atoms with van der Waals surface area (Å²) in [6.45, 7) is 1.89. The third-order valence-electron chi connectivity index (χ3n) is 7.43. The van der Waals surface area contributed by atoms with Crippen LogP contribution in [0, 0.1) is 0 Å². The van der Waals surface area contributed by atoms with Crippen LogP contribution in [0.3, 0.4) is 0 Å². The van der Waals surface area contributed by atoms with Gasteiger partial charge in [0.15, 0.2) is 23.0 Å². The number of ether oxygens (including phenoxy) is 4. The minimum atomic E-state index is -0.111. The average Bonchev–Trinajstić information content (AvgIpc) is 2.91. The summed E-state index contributed by atoms with van der Waals surface area (Å²) >= 11 is 1.99. The summed E-state index contributed by atoms with van der Waals surface area (Å²) in [5, 5.41) is 0.535. The van der Waals surface area contributed by atoms with Gasteiger partial charge in [-0.1, -0.05) is 24.3 Å². The van der Waals surface area contributed by atoms with Crippen LogP contribution in [0.25, 0.3) is 0 Å². The van der Waals surface area contributed by atoms with Crippen molar-refractivity contribution in [1.82, 2.24) is 4.90 Å². The van der Waals surface area contributed by atoms with E-state index in [1.54, 1.807) is 28.4 Å². The van der Waals surface area contributed by atoms with Crippen LogP contribution in [-0.2, 0) is 18.5 Å². The first kappa shape index (κ1) is 23.9. The Morgan fingerprint density at radius 1 is 0.771 bits per heavy atom. The third kappa shape index (κ3) is 4.45. The van der Waals surface area contributed by atoms with Gasteiger partial charge in [0.1, 0.15) is 0 Å². The molecule has 0 radical (unpaired) electrons. The standard InChI is InChI=1S/C29H33NO4S/c1-31-25-11-10-22(16-28(25)34-4)29-13-12-24(35-23-8-6-5-7-9-23)19-30(29)18-21-15-27(33-3)26(32-2)14-20(21)17-29/h5-11,14-16,24H,12-13,17-19H2,1-4H3. The van der Waals surface area contributed by atoms with Gasteiger partial charge in [0, 0.05) is 23.2 Å². The fourth-order valence-corrected chi connectivity index (χ4v) is 6.81. The first-order valence-electron chi connectivity index (χ1n) is 12.0. The zero-order chi connectivity index (χ0) is 24.4. The normalized spacial score (nSPS) is 21.5. The zero-order valence-electron chi connectivity index (χ0n) is 20.9. The second-order valence-corrected chi connectivity index (χ2v) is 10.6. The first-order chi connectivity index (χ1) is 17.1. The van der Waals surface area contributed by atoms with Crippen LogP contribution in [0.2, 0.25) is 0 Å². The van der Waals surface area contributed by atoms with Crippen molar-refractivity contribution in [2.24, 2.45) is 0 Å². The van der Waals surface area contributed by atoms with Crippen molar-refractivity contribution in [3.8, 4) is 23.0 Å². The van der Waals surface area contributed by atoms with Crippen LogP contribution in [-0.4, -0.2) is 45.1 Å². The molecule has 5 rings (SSSR count). The van der Waals surface area contributed by atoms with E-state index in [4.69, 9.17) is 18.9 Å². The van der Waals surface area contributed by atoms with Crippen LogP contribution in [0.5, 0.6) is 23.0 Å². The van der Waals surface area contributed by atoms with Crippen molar-refractivity contribution in [3.05, 3.63) is 77.4 Å². The Bertz CT molecular complexity index is 1180. The minimum absolute atomic E-state index is 0.111. The molecule has 2 atom stereocenters. The van der Waals surface area contributed by atoms with E-state index in [0.29, 0.717) is 5.25 Å². The van der Waals surface area contributed by atoms with E-state index in [1.807, 2.05) is 17.8 Å². The van der Waals surface area contributed by atoms with Crippen molar-refractivity contribution in [2.45, 2.75) is 41.5 Å². The van der Waals surface area contributed by atoms with E-state index in [-0.39, 0.29) is 5.54 Å². The predicted octanol–water partition coefficient (Wildman–Crippen LogP) is 5.93. The monoisotopic (exact) mass is 491 g/mol. The molecule has 2 unspecified atom stereocenters. The highest BCUT2D eigenvalue weighted by molar-refractivity contribution is 8.00. The highest BCUT2D eigenvalue weighted by Crippen LogP contribution is 2.50. The summed E-state index contributed by atoms with van der Waals surface area (Å²) in [4.78, 5) is 4.01. The highest BCUT2D eigenvalue weighted by atomic mass is 32.2. The lowest BCUT2D eigenvalue weighted by molar-refractivity contribution is 0.0270. The molecule has 2 heterocycles. The van der Waals surface area contributed by atoms with Crippen LogP contribution >= 0.6 is 11.8 Å². The van der Waals surface area contributed by atoms with E-state index in [2.05, 4.69) is 59.5 Å². The van der Waals surface area contributed by atoms with E-state index in [9.17, 15) is 0 Å². The molecule has 0 amide bonds. The second-order valence-electron chi connectivity index (χ2n) is 9.23. The summed E-state index contributed by atoms with van der Waals surface area (Å²) in [5.74, 6) is 3.11. The van der Waals surface area contributed by atoms with Gasteiger partial charge in [0.2, 0.25) is 0 Å². The number of hydrogen-bond acceptors (Lipinski definition) is 6. The Balaban J connectivity index is 1.55. The van der Waals surface area contributed by atoms with Gasteiger partial charge >= 0.3 is 0 Å². The van der Waals surface area contributed by atoms with Crippen molar-refractivity contribution in [3.63, 3.8) is 0 Å². The Morgan fingerprint density at radius 3 is 2.11 bits per heavy atom. The van der Waals surface area contributed by atoms with Gasteiger partial charge in [-0.25, -0.2) is 0 Å². The van der Waals surface area contributed by atoms with E-state index in [1.165, 1.54) is 21.6 Å². The molecule has 0 spiro atoms. The Labute approximate surface area is 212 Å². The minimum Gasteiger partial charge on any atom is -0.493 e. The fourth-order valence-electron chi connectivity index (χ4n) is 5.62. The number of hydrogen-bond donors (Lipinski definition) is 0. The van der Waals surface area contributed by atoms with Crippen LogP contribution < -0.4 is 18.9 Å². The second kappa shape index (κ2) is 10.0. The zero-order valence-corrected chi connectivity index (χ0v) is 21.7. The number of nitrogens with zero attached hydrogens (tertiary/aromatic N) is 1.